The smallest absolute Gasteiger partial charge is 0.276 e. The Kier molecular flexibility index (Phi) is 6.61. The van der Waals surface area contributed by atoms with Gasteiger partial charge in [-0.05, 0) is 59.0 Å². The molecule has 3 rings (SSSR count). The predicted molar refractivity (Wildman–Crippen MR) is 115 cm³/mol. The van der Waals surface area contributed by atoms with Gasteiger partial charge in [-0.2, -0.15) is 0 Å². The third kappa shape index (κ3) is 4.73. The third-order valence-corrected chi connectivity index (χ3v) is 5.91. The summed E-state index contributed by atoms with van der Waals surface area (Å²) in [7, 11) is 0. The number of nitroso groups, excluding NO2 is 1. The van der Waals surface area contributed by atoms with E-state index in [1.807, 2.05) is 13.8 Å². The summed E-state index contributed by atoms with van der Waals surface area (Å²) in [6.07, 6.45) is 0. The summed E-state index contributed by atoms with van der Waals surface area (Å²) in [6.45, 7) is 5.36. The number of amides is 2. The lowest BCUT2D eigenvalue weighted by molar-refractivity contribution is -0.140. The molecule has 1 aliphatic heterocycles. The van der Waals surface area contributed by atoms with Crippen LogP contribution in [0.15, 0.2) is 41.6 Å². The highest BCUT2D eigenvalue weighted by Crippen LogP contribution is 2.38. The molecule has 30 heavy (non-hydrogen) atoms. The van der Waals surface area contributed by atoms with Gasteiger partial charge in [-0.15, -0.1) is 16.7 Å². The van der Waals surface area contributed by atoms with E-state index in [9.17, 15) is 19.6 Å². The van der Waals surface area contributed by atoms with E-state index in [1.165, 1.54) is 28.9 Å². The normalized spacial score (nSPS) is 16.1. The number of rotatable bonds is 7. The molecule has 2 aromatic carbocycles. The number of nitrogens with one attached hydrogen (secondary N) is 1. The summed E-state index contributed by atoms with van der Waals surface area (Å²) in [4.78, 5) is 35.7. The van der Waals surface area contributed by atoms with Gasteiger partial charge in [-0.1, -0.05) is 26.0 Å². The van der Waals surface area contributed by atoms with Gasteiger partial charge in [0.15, 0.2) is 6.61 Å². The summed E-state index contributed by atoms with van der Waals surface area (Å²) in [5.74, 6) is 0.251. The van der Waals surface area contributed by atoms with E-state index in [2.05, 4.69) is 10.6 Å². The number of phenols is 1. The lowest BCUT2D eigenvalue weighted by Gasteiger charge is -2.25. The monoisotopic (exact) mass is 429 g/mol. The lowest BCUT2D eigenvalue weighted by Crippen LogP contribution is -2.46. The summed E-state index contributed by atoms with van der Waals surface area (Å²) in [5.41, 5.74) is 5.18. The SMILES string of the molecule is Cc1cc(OCC(=O)NN2C(=O)CSC2c2ccc(O)cc2)c(C(C)C)cc1N=O. The fraction of sp³-hybridized carbons (Fsp3) is 0.333. The molecule has 158 valence electrons. The largest absolute Gasteiger partial charge is 0.508 e. The first-order valence-electron chi connectivity index (χ1n) is 9.43. The van der Waals surface area contributed by atoms with Gasteiger partial charge in [-0.25, -0.2) is 5.01 Å². The van der Waals surface area contributed by atoms with Crippen LogP contribution in [0.3, 0.4) is 0 Å². The zero-order chi connectivity index (χ0) is 21.8. The number of thioether (sulfide) groups is 1. The highest BCUT2D eigenvalue weighted by Gasteiger charge is 2.34. The second-order valence-electron chi connectivity index (χ2n) is 7.26. The van der Waals surface area contributed by atoms with Crippen LogP contribution in [0.25, 0.3) is 0 Å². The van der Waals surface area contributed by atoms with Crippen molar-refractivity contribution < 1.29 is 19.4 Å². The Bertz CT molecular complexity index is 962. The van der Waals surface area contributed by atoms with Gasteiger partial charge in [0.1, 0.15) is 22.6 Å². The Morgan fingerprint density at radius 1 is 1.33 bits per heavy atom. The molecule has 9 heteroatoms. The van der Waals surface area contributed by atoms with Gasteiger partial charge in [0, 0.05) is 0 Å². The van der Waals surface area contributed by atoms with Gasteiger partial charge in [0.05, 0.1) is 5.75 Å². The molecule has 0 aromatic heterocycles. The minimum absolute atomic E-state index is 0.0691. The molecule has 0 radical (unpaired) electrons. The van der Waals surface area contributed by atoms with Crippen molar-refractivity contribution in [2.45, 2.75) is 32.1 Å². The molecule has 0 bridgehead atoms. The summed E-state index contributed by atoms with van der Waals surface area (Å²) >= 11 is 1.39. The highest BCUT2D eigenvalue weighted by molar-refractivity contribution is 8.00. The van der Waals surface area contributed by atoms with E-state index in [0.29, 0.717) is 17.0 Å². The molecule has 0 spiro atoms. The molecule has 1 saturated heterocycles. The number of hydrogen-bond donors (Lipinski definition) is 2. The summed E-state index contributed by atoms with van der Waals surface area (Å²) < 4.78 is 5.71. The number of hydrogen-bond acceptors (Lipinski definition) is 7. The van der Waals surface area contributed by atoms with Crippen molar-refractivity contribution >= 4 is 29.3 Å². The fourth-order valence-electron chi connectivity index (χ4n) is 3.10. The summed E-state index contributed by atoms with van der Waals surface area (Å²) in [6, 6.07) is 9.85. The molecule has 0 aliphatic carbocycles. The van der Waals surface area contributed by atoms with Gasteiger partial charge in [-0.3, -0.25) is 15.0 Å². The second-order valence-corrected chi connectivity index (χ2v) is 8.33. The first-order valence-corrected chi connectivity index (χ1v) is 10.5. The van der Waals surface area contributed by atoms with Crippen LogP contribution >= 0.6 is 11.8 Å². The maximum absolute atomic E-state index is 12.5. The number of hydrazine groups is 1. The molecule has 1 atom stereocenters. The topological polar surface area (TPSA) is 108 Å². The number of aromatic hydroxyl groups is 1. The minimum atomic E-state index is -0.473. The molecular formula is C21H23N3O5S. The molecule has 1 fully saturated rings. The molecule has 2 N–H and O–H groups in total. The van der Waals surface area contributed by atoms with Crippen molar-refractivity contribution in [2.24, 2.45) is 5.18 Å². The number of ether oxygens (including phenoxy) is 1. The standard InChI is InChI=1S/C21H23N3O5S/c1-12(2)16-9-17(23-28)13(3)8-18(16)29-10-19(26)22-24-20(27)11-30-21(24)14-4-6-15(25)7-5-14/h4-9,12,21,25H,10-11H2,1-3H3,(H,22,26). The number of phenolic OH excluding ortho intramolecular Hbond substituents is 1. The van der Waals surface area contributed by atoms with Crippen LogP contribution in [0.2, 0.25) is 0 Å². The van der Waals surface area contributed by atoms with Gasteiger partial charge in [0.2, 0.25) is 0 Å². The molecule has 1 unspecified atom stereocenters. The van der Waals surface area contributed by atoms with Crippen LogP contribution < -0.4 is 10.2 Å². The number of carbonyl (C=O) groups excluding carboxylic acids is 2. The Hall–Kier alpha value is -3.07. The molecule has 1 heterocycles. The van der Waals surface area contributed by atoms with Crippen molar-refractivity contribution in [3.05, 3.63) is 58.0 Å². The Morgan fingerprint density at radius 2 is 2.03 bits per heavy atom. The fourth-order valence-corrected chi connectivity index (χ4v) is 4.21. The minimum Gasteiger partial charge on any atom is -0.508 e. The number of nitrogens with zero attached hydrogens (tertiary/aromatic N) is 2. The first-order chi connectivity index (χ1) is 14.3. The van der Waals surface area contributed by atoms with E-state index in [-0.39, 0.29) is 35.3 Å². The Balaban J connectivity index is 1.69. The first kappa shape index (κ1) is 21.6. The average molecular weight is 429 g/mol. The molecule has 0 saturated carbocycles. The van der Waals surface area contributed by atoms with Crippen molar-refractivity contribution in [1.29, 1.82) is 0 Å². The third-order valence-electron chi connectivity index (χ3n) is 4.70. The van der Waals surface area contributed by atoms with Gasteiger partial charge >= 0.3 is 0 Å². The van der Waals surface area contributed by atoms with E-state index in [0.717, 1.165) is 11.1 Å². The van der Waals surface area contributed by atoms with E-state index >= 15 is 0 Å². The van der Waals surface area contributed by atoms with Crippen LogP contribution in [0.5, 0.6) is 11.5 Å². The predicted octanol–water partition coefficient (Wildman–Crippen LogP) is 3.91. The summed E-state index contributed by atoms with van der Waals surface area (Å²) in [5, 5.41) is 13.4. The van der Waals surface area contributed by atoms with E-state index < -0.39 is 5.91 Å². The number of aryl methyl sites for hydroxylation is 1. The highest BCUT2D eigenvalue weighted by atomic mass is 32.2. The van der Waals surface area contributed by atoms with Crippen LogP contribution in [0.1, 0.15) is 41.8 Å². The van der Waals surface area contributed by atoms with Crippen LogP contribution in [-0.4, -0.2) is 34.3 Å². The molecular weight excluding hydrogens is 406 g/mol. The van der Waals surface area contributed by atoms with Crippen LogP contribution in [0, 0.1) is 11.8 Å². The maximum atomic E-state index is 12.5. The van der Waals surface area contributed by atoms with Crippen molar-refractivity contribution in [1.82, 2.24) is 10.4 Å². The molecule has 1 aliphatic rings. The lowest BCUT2D eigenvalue weighted by atomic mass is 9.99. The molecule has 2 amide bonds. The van der Waals surface area contributed by atoms with Gasteiger partial charge in [0.25, 0.3) is 11.8 Å². The van der Waals surface area contributed by atoms with Crippen molar-refractivity contribution in [3.8, 4) is 11.5 Å². The van der Waals surface area contributed by atoms with Gasteiger partial charge < -0.3 is 9.84 Å². The quantitative estimate of drug-likeness (QED) is 0.646. The maximum Gasteiger partial charge on any atom is 0.276 e. The van der Waals surface area contributed by atoms with Crippen molar-refractivity contribution in [2.75, 3.05) is 12.4 Å². The van der Waals surface area contributed by atoms with Crippen LogP contribution in [-0.2, 0) is 9.59 Å². The van der Waals surface area contributed by atoms with E-state index in [1.54, 1.807) is 31.2 Å². The number of benzene rings is 2. The molecule has 8 nitrogen and oxygen atoms in total. The van der Waals surface area contributed by atoms with Crippen molar-refractivity contribution in [3.63, 3.8) is 0 Å². The zero-order valence-electron chi connectivity index (χ0n) is 16.9. The second kappa shape index (κ2) is 9.17. The Morgan fingerprint density at radius 3 is 2.67 bits per heavy atom. The molecule has 2 aromatic rings. The zero-order valence-corrected chi connectivity index (χ0v) is 17.7. The Labute approximate surface area is 178 Å². The average Bonchev–Trinajstić information content (AvgIpc) is 3.07. The van der Waals surface area contributed by atoms with Crippen LogP contribution in [0.4, 0.5) is 5.69 Å². The number of carbonyl (C=O) groups is 2. The van der Waals surface area contributed by atoms with E-state index in [4.69, 9.17) is 4.74 Å².